The van der Waals surface area contributed by atoms with Crippen LogP contribution in [0.15, 0.2) is 34.3 Å². The van der Waals surface area contributed by atoms with Gasteiger partial charge in [0.15, 0.2) is 5.78 Å². The second-order valence-electron chi connectivity index (χ2n) is 7.35. The molecule has 138 valence electrons. The molecule has 2 aliphatic heterocycles. The van der Waals surface area contributed by atoms with Crippen molar-refractivity contribution in [3.8, 4) is 0 Å². The highest BCUT2D eigenvalue weighted by Crippen LogP contribution is 2.44. The van der Waals surface area contributed by atoms with Gasteiger partial charge in [0.25, 0.3) is 5.56 Å². The first kappa shape index (κ1) is 16.4. The maximum atomic E-state index is 13.2. The zero-order valence-electron chi connectivity index (χ0n) is 15.0. The molecule has 9 heteroatoms. The number of nitrogens with zero attached hydrogens (tertiary/aromatic N) is 3. The maximum Gasteiger partial charge on any atom is 0.270 e. The van der Waals surface area contributed by atoms with E-state index in [4.69, 9.17) is 4.74 Å². The number of benzene rings is 1. The van der Waals surface area contributed by atoms with E-state index in [1.807, 2.05) is 18.2 Å². The predicted octanol–water partition coefficient (Wildman–Crippen LogP) is 1.91. The Bertz CT molecular complexity index is 1200. The van der Waals surface area contributed by atoms with Crippen molar-refractivity contribution in [2.75, 3.05) is 11.9 Å². The predicted molar refractivity (Wildman–Crippen MR) is 101 cm³/mol. The number of ether oxygens (including phenoxy) is 1. The van der Waals surface area contributed by atoms with Gasteiger partial charge in [0.05, 0.1) is 29.6 Å². The van der Waals surface area contributed by atoms with E-state index in [9.17, 15) is 9.59 Å². The van der Waals surface area contributed by atoms with Crippen LogP contribution in [-0.2, 0) is 16.6 Å². The summed E-state index contributed by atoms with van der Waals surface area (Å²) < 4.78 is 15.9. The van der Waals surface area contributed by atoms with Crippen molar-refractivity contribution >= 4 is 34.4 Å². The van der Waals surface area contributed by atoms with Crippen molar-refractivity contribution in [3.63, 3.8) is 0 Å². The summed E-state index contributed by atoms with van der Waals surface area (Å²) in [7, 11) is 1.76. The van der Waals surface area contributed by atoms with Gasteiger partial charge in [-0.3, -0.25) is 19.4 Å². The molecule has 0 saturated carbocycles. The Kier molecular flexibility index (Phi) is 3.26. The second kappa shape index (κ2) is 5.37. The molecule has 0 bridgehead atoms. The van der Waals surface area contributed by atoms with Crippen molar-refractivity contribution < 1.29 is 9.53 Å². The summed E-state index contributed by atoms with van der Waals surface area (Å²) >= 11 is 1.14. The van der Waals surface area contributed by atoms with Crippen LogP contribution >= 0.6 is 11.7 Å². The van der Waals surface area contributed by atoms with Crippen LogP contribution in [0.5, 0.6) is 0 Å². The quantitative estimate of drug-likeness (QED) is 0.666. The van der Waals surface area contributed by atoms with Gasteiger partial charge in [-0.15, -0.1) is 0 Å². The zero-order valence-corrected chi connectivity index (χ0v) is 15.8. The van der Waals surface area contributed by atoms with Crippen LogP contribution in [0.4, 0.5) is 5.82 Å². The highest BCUT2D eigenvalue weighted by atomic mass is 32.1. The highest BCUT2D eigenvalue weighted by molar-refractivity contribution is 7.00. The highest BCUT2D eigenvalue weighted by Gasteiger charge is 2.45. The number of carbonyl (C=O) groups is 1. The lowest BCUT2D eigenvalue weighted by Crippen LogP contribution is -2.45. The van der Waals surface area contributed by atoms with Gasteiger partial charge in [0.1, 0.15) is 22.5 Å². The number of hydrogen-bond donors (Lipinski definition) is 2. The van der Waals surface area contributed by atoms with Crippen LogP contribution in [0.1, 0.15) is 30.9 Å². The van der Waals surface area contributed by atoms with Crippen molar-refractivity contribution in [3.05, 3.63) is 50.9 Å². The van der Waals surface area contributed by atoms with Crippen LogP contribution in [0.2, 0.25) is 0 Å². The number of aryl methyl sites for hydroxylation is 1. The molecule has 2 N–H and O–H groups in total. The molecular formula is C18H17N5O3S. The van der Waals surface area contributed by atoms with E-state index in [0.29, 0.717) is 22.7 Å². The molecular weight excluding hydrogens is 366 g/mol. The molecule has 27 heavy (non-hydrogen) atoms. The number of aromatic nitrogens is 4. The van der Waals surface area contributed by atoms with Gasteiger partial charge >= 0.3 is 0 Å². The number of ketones is 1. The van der Waals surface area contributed by atoms with Crippen LogP contribution in [0.25, 0.3) is 11.0 Å². The third-order valence-electron chi connectivity index (χ3n) is 5.26. The van der Waals surface area contributed by atoms with Gasteiger partial charge in [-0.2, -0.15) is 8.75 Å². The number of rotatable bonds is 1. The number of carbonyl (C=O) groups excluding carboxylic acids is 1. The molecule has 1 atom stereocenters. The first-order valence-corrected chi connectivity index (χ1v) is 9.30. The fourth-order valence-corrected chi connectivity index (χ4v) is 4.36. The minimum Gasteiger partial charge on any atom is -0.361 e. The summed E-state index contributed by atoms with van der Waals surface area (Å²) in [6, 6.07) is 5.70. The Hall–Kier alpha value is -2.78. The summed E-state index contributed by atoms with van der Waals surface area (Å²) in [5, 5.41) is 6.02. The van der Waals surface area contributed by atoms with Crippen LogP contribution in [-0.4, -0.2) is 36.5 Å². The molecule has 2 aliphatic rings. The maximum absolute atomic E-state index is 13.2. The SMILES string of the molecule is Cn1[nH]c(=O)c2c1NC1=C(C(=O)C(C)(C)OC1)C2c1ccc2nsnc2c1. The smallest absolute Gasteiger partial charge is 0.270 e. The lowest BCUT2D eigenvalue weighted by atomic mass is 9.76. The first-order chi connectivity index (χ1) is 12.9. The van der Waals surface area contributed by atoms with Crippen molar-refractivity contribution in [1.29, 1.82) is 0 Å². The molecule has 3 aromatic rings. The zero-order chi connectivity index (χ0) is 18.9. The average molecular weight is 383 g/mol. The van der Waals surface area contributed by atoms with E-state index in [1.54, 1.807) is 25.6 Å². The van der Waals surface area contributed by atoms with Crippen LogP contribution < -0.4 is 10.9 Å². The molecule has 4 heterocycles. The Morgan fingerprint density at radius 1 is 1.26 bits per heavy atom. The topological polar surface area (TPSA) is 102 Å². The Morgan fingerprint density at radius 2 is 2.04 bits per heavy atom. The van der Waals surface area contributed by atoms with Crippen molar-refractivity contribution in [1.82, 2.24) is 18.5 Å². The summed E-state index contributed by atoms with van der Waals surface area (Å²) in [5.74, 6) is 0.0472. The number of Topliss-reactive ketones (excluding diaryl/α,β-unsaturated/α-hetero) is 1. The minimum absolute atomic E-state index is 0.119. The molecule has 0 spiro atoms. The molecule has 5 rings (SSSR count). The number of fused-ring (bicyclic) bond motifs is 2. The van der Waals surface area contributed by atoms with Crippen LogP contribution in [0.3, 0.4) is 0 Å². The van der Waals surface area contributed by atoms with Gasteiger partial charge in [0.2, 0.25) is 0 Å². The Labute approximate surface area is 158 Å². The molecule has 0 radical (unpaired) electrons. The van der Waals surface area contributed by atoms with E-state index in [1.165, 1.54) is 0 Å². The lowest BCUT2D eigenvalue weighted by molar-refractivity contribution is -0.137. The van der Waals surface area contributed by atoms with Gasteiger partial charge in [-0.05, 0) is 31.5 Å². The lowest BCUT2D eigenvalue weighted by Gasteiger charge is -2.38. The molecule has 0 fully saturated rings. The number of hydrogen-bond acceptors (Lipinski definition) is 7. The molecule has 2 aromatic heterocycles. The van der Waals surface area contributed by atoms with E-state index in [-0.39, 0.29) is 17.9 Å². The number of aromatic amines is 1. The van der Waals surface area contributed by atoms with Gasteiger partial charge in [-0.1, -0.05) is 6.07 Å². The first-order valence-electron chi connectivity index (χ1n) is 8.57. The van der Waals surface area contributed by atoms with Gasteiger partial charge in [-0.25, -0.2) is 0 Å². The normalized spacial score (nSPS) is 21.1. The molecule has 0 amide bonds. The molecule has 1 unspecified atom stereocenters. The molecule has 0 saturated heterocycles. The Morgan fingerprint density at radius 3 is 2.85 bits per heavy atom. The van der Waals surface area contributed by atoms with E-state index >= 15 is 0 Å². The third-order valence-corrected chi connectivity index (χ3v) is 5.81. The number of anilines is 1. The van der Waals surface area contributed by atoms with E-state index in [0.717, 1.165) is 28.3 Å². The monoisotopic (exact) mass is 383 g/mol. The fourth-order valence-electron chi connectivity index (χ4n) is 3.84. The fraction of sp³-hybridized carbons (Fsp3) is 0.333. The average Bonchev–Trinajstić information content (AvgIpc) is 3.21. The second-order valence-corrected chi connectivity index (χ2v) is 7.88. The van der Waals surface area contributed by atoms with Crippen molar-refractivity contribution in [2.24, 2.45) is 7.05 Å². The summed E-state index contributed by atoms with van der Waals surface area (Å²) in [6.45, 7) is 3.80. The third kappa shape index (κ3) is 2.25. The summed E-state index contributed by atoms with van der Waals surface area (Å²) in [5.41, 5.74) is 3.05. The van der Waals surface area contributed by atoms with Gasteiger partial charge in [0, 0.05) is 18.5 Å². The van der Waals surface area contributed by atoms with E-state index in [2.05, 4.69) is 19.2 Å². The number of H-pyrrole nitrogens is 1. The standard InChI is InChI=1S/C18H17N5O3S/c1-18(2)15(24)13-11(7-26-18)19-16-14(17(25)20-23(16)3)12(13)8-4-5-9-10(6-8)22-27-21-9/h4-6,12,19H,7H2,1-3H3,(H,20,25). The van der Waals surface area contributed by atoms with Gasteiger partial charge < -0.3 is 10.1 Å². The minimum atomic E-state index is -0.940. The summed E-state index contributed by atoms with van der Waals surface area (Å²) in [6.07, 6.45) is 0. The van der Waals surface area contributed by atoms with E-state index < -0.39 is 11.5 Å². The van der Waals surface area contributed by atoms with Crippen LogP contribution in [0, 0.1) is 0 Å². The summed E-state index contributed by atoms with van der Waals surface area (Å²) in [4.78, 5) is 26.0. The Balaban J connectivity index is 1.80. The molecule has 1 aromatic carbocycles. The molecule has 8 nitrogen and oxygen atoms in total. The van der Waals surface area contributed by atoms with Crippen molar-refractivity contribution in [2.45, 2.75) is 25.4 Å². The largest absolute Gasteiger partial charge is 0.361 e. The molecule has 0 aliphatic carbocycles. The number of nitrogens with one attached hydrogen (secondary N) is 2.